The lowest BCUT2D eigenvalue weighted by atomic mass is 10.1. The first kappa shape index (κ1) is 42.3. The van der Waals surface area contributed by atoms with Crippen LogP contribution in [0.2, 0.25) is 0 Å². The van der Waals surface area contributed by atoms with Gasteiger partial charge < -0.3 is 41.7 Å². The van der Waals surface area contributed by atoms with Crippen LogP contribution in [0.1, 0.15) is 58.3 Å². The minimum Gasteiger partial charge on any atom is -0.491 e. The molecule has 262 valence electrons. The molecule has 4 amide bonds. The predicted octanol–water partition coefficient (Wildman–Crippen LogP) is 3.98. The molecule has 1 aromatic carbocycles. The Labute approximate surface area is 279 Å². The van der Waals surface area contributed by atoms with Crippen molar-refractivity contribution in [2.75, 3.05) is 50.2 Å². The quantitative estimate of drug-likeness (QED) is 0.0528. The number of hydrogen-bond donors (Lipinski definition) is 5. The van der Waals surface area contributed by atoms with Gasteiger partial charge in [0.25, 0.3) is 0 Å². The normalized spacial score (nSPS) is 12.4. The zero-order valence-electron chi connectivity index (χ0n) is 28.3. The van der Waals surface area contributed by atoms with Crippen molar-refractivity contribution in [3.8, 4) is 5.75 Å². The molecule has 15 nitrogen and oxygen atoms in total. The van der Waals surface area contributed by atoms with E-state index in [1.54, 1.807) is 64.3 Å². The number of benzene rings is 1. The maximum absolute atomic E-state index is 12.1. The maximum Gasteiger partial charge on any atom is 0.439 e. The molecule has 1 unspecified atom stereocenters. The number of alkyl carbamates (subject to hydrolysis) is 1. The van der Waals surface area contributed by atoms with Crippen molar-refractivity contribution >= 4 is 58.5 Å². The van der Waals surface area contributed by atoms with Crippen LogP contribution in [0.4, 0.5) is 21.0 Å². The molecule has 0 saturated heterocycles. The highest BCUT2D eigenvalue weighted by Crippen LogP contribution is 2.36. The van der Waals surface area contributed by atoms with Crippen molar-refractivity contribution in [3.63, 3.8) is 0 Å². The predicted molar refractivity (Wildman–Crippen MR) is 189 cm³/mol. The molecule has 1 rings (SSSR count). The molecule has 0 radical (unpaired) electrons. The summed E-state index contributed by atoms with van der Waals surface area (Å²) in [6.45, 7) is 12.8. The summed E-state index contributed by atoms with van der Waals surface area (Å²) in [5.41, 5.74) is 14.1. The van der Waals surface area contributed by atoms with Crippen LogP contribution in [-0.2, 0) is 25.0 Å². The molecule has 0 fully saturated rings. The Kier molecular flexibility index (Phi) is 22.0. The van der Waals surface area contributed by atoms with Crippen LogP contribution in [0.15, 0.2) is 50.9 Å². The van der Waals surface area contributed by atoms with Crippen LogP contribution in [0.25, 0.3) is 0 Å². The Hall–Kier alpha value is -4.73. The fourth-order valence-electron chi connectivity index (χ4n) is 3.24. The van der Waals surface area contributed by atoms with Crippen LogP contribution >= 0.6 is 0 Å². The number of carbonyl (C=O) groups is 4. The molecule has 0 aliphatic rings. The highest BCUT2D eigenvalue weighted by molar-refractivity contribution is 7.86. The van der Waals surface area contributed by atoms with Gasteiger partial charge in [0, 0.05) is 37.2 Å². The van der Waals surface area contributed by atoms with Gasteiger partial charge in [-0.15, -0.1) is 0 Å². The molecule has 0 spiro atoms. The summed E-state index contributed by atoms with van der Waals surface area (Å²) in [7, 11) is -0.523. The summed E-state index contributed by atoms with van der Waals surface area (Å²) in [4.78, 5) is 48.7. The number of hydrazone groups is 1. The van der Waals surface area contributed by atoms with E-state index in [2.05, 4.69) is 36.2 Å². The molecule has 1 aromatic rings. The topological polar surface area (TPSA) is 221 Å². The Bertz CT molecular complexity index is 1310. The summed E-state index contributed by atoms with van der Waals surface area (Å²) in [5, 5.41) is 10.1. The number of nitrogens with one attached hydrogen (secondary N) is 3. The van der Waals surface area contributed by atoms with E-state index < -0.39 is 34.4 Å². The van der Waals surface area contributed by atoms with Gasteiger partial charge in [-0.3, -0.25) is 14.6 Å². The molecule has 16 heteroatoms. The van der Waals surface area contributed by atoms with E-state index in [0.29, 0.717) is 49.0 Å². The molecule has 0 saturated carbocycles. The molecule has 0 aliphatic heterocycles. The molecule has 0 heterocycles. The van der Waals surface area contributed by atoms with E-state index in [-0.39, 0.29) is 25.1 Å². The standard InChI is InChI=1S/C30H47N7O6S.CH3NO/c1-8-35-36-22(3)14-12-17-32-24-20-23(27(31)38)21-25(42-18-13-19-44(7)37-29(40)41-9-2)26(24)33-15-10-11-16-34-28(39)43-30(4,5)6;2-1-3/h10-12,14,17,20-21,33,35H,8-9,13,15-16,18-19H2,1-7H3,(H2,31,38)(H,34,39);1H,(H2,2,3)/b11-10+,14-12+,32-17?,36-22-;. The van der Waals surface area contributed by atoms with Crippen molar-refractivity contribution in [1.29, 1.82) is 0 Å². The Morgan fingerprint density at radius 2 is 1.79 bits per heavy atom. The first-order valence-electron chi connectivity index (χ1n) is 14.9. The monoisotopic (exact) mass is 678 g/mol. The van der Waals surface area contributed by atoms with E-state index in [0.717, 1.165) is 5.71 Å². The summed E-state index contributed by atoms with van der Waals surface area (Å²) < 4.78 is 20.2. The molecule has 47 heavy (non-hydrogen) atoms. The molecular formula is C31H50N8O7S. The Balaban J connectivity index is 0.00000677. The number of anilines is 1. The van der Waals surface area contributed by atoms with Crippen molar-refractivity contribution in [2.24, 2.45) is 25.9 Å². The number of primary amides is 2. The summed E-state index contributed by atoms with van der Waals surface area (Å²) in [6.07, 6.45) is 10.3. The number of hydrogen-bond acceptors (Lipinski definition) is 11. The van der Waals surface area contributed by atoms with E-state index in [1.165, 1.54) is 0 Å². The number of allylic oxidation sites excluding steroid dienone is 2. The molecule has 0 aromatic heterocycles. The molecule has 1 atom stereocenters. The third kappa shape index (κ3) is 21.6. The average Bonchev–Trinajstić information content (AvgIpc) is 2.98. The SMILES string of the molecule is CCN/N=C(C)\C=C\C=Nc1cc(C(N)=O)cc(OCCCS(C)=NC(=O)OCC)c1NC/C=C/CNC(=O)OC(C)(C)C.NC=O. The second kappa shape index (κ2) is 24.5. The zero-order chi connectivity index (χ0) is 35.7. The second-order valence-electron chi connectivity index (χ2n) is 10.3. The van der Waals surface area contributed by atoms with Gasteiger partial charge in [0.1, 0.15) is 17.0 Å². The smallest absolute Gasteiger partial charge is 0.439 e. The number of nitrogens with two attached hydrogens (primary N) is 2. The fourth-order valence-corrected chi connectivity index (χ4v) is 4.17. The highest BCUT2D eigenvalue weighted by Gasteiger charge is 2.16. The minimum atomic E-state index is -0.626. The van der Waals surface area contributed by atoms with Gasteiger partial charge in [0.15, 0.2) is 0 Å². The van der Waals surface area contributed by atoms with Gasteiger partial charge in [-0.2, -0.15) is 9.46 Å². The summed E-state index contributed by atoms with van der Waals surface area (Å²) in [5.74, 6) is 0.382. The van der Waals surface area contributed by atoms with E-state index in [9.17, 15) is 14.4 Å². The van der Waals surface area contributed by atoms with Crippen LogP contribution in [-0.4, -0.2) is 86.9 Å². The van der Waals surface area contributed by atoms with Gasteiger partial charge in [-0.05, 0) is 78.5 Å². The van der Waals surface area contributed by atoms with E-state index in [4.69, 9.17) is 24.7 Å². The third-order valence-corrected chi connectivity index (χ3v) is 6.42. The van der Waals surface area contributed by atoms with Gasteiger partial charge in [-0.25, -0.2) is 9.59 Å². The van der Waals surface area contributed by atoms with Crippen molar-refractivity contribution in [1.82, 2.24) is 10.7 Å². The van der Waals surface area contributed by atoms with Crippen LogP contribution in [0.5, 0.6) is 5.75 Å². The van der Waals surface area contributed by atoms with Crippen molar-refractivity contribution in [2.45, 2.75) is 53.6 Å². The first-order chi connectivity index (χ1) is 22.3. The number of nitrogens with zero attached hydrogens (tertiary/aromatic N) is 3. The number of carbonyl (C=O) groups excluding carboxylic acids is 4. The zero-order valence-corrected chi connectivity index (χ0v) is 29.1. The van der Waals surface area contributed by atoms with Crippen molar-refractivity contribution < 1.29 is 33.4 Å². The van der Waals surface area contributed by atoms with Gasteiger partial charge in [0.2, 0.25) is 12.3 Å². The number of aliphatic imine (C=N–C) groups is 1. The highest BCUT2D eigenvalue weighted by atomic mass is 32.2. The molecule has 0 aliphatic carbocycles. The van der Waals surface area contributed by atoms with Crippen LogP contribution in [0, 0.1) is 0 Å². The van der Waals surface area contributed by atoms with Gasteiger partial charge in [-0.1, -0.05) is 22.8 Å². The molecule has 0 bridgehead atoms. The van der Waals surface area contributed by atoms with Gasteiger partial charge in [0.05, 0.1) is 24.6 Å². The number of rotatable bonds is 17. The number of ether oxygens (including phenoxy) is 3. The number of amides is 4. The lowest BCUT2D eigenvalue weighted by Gasteiger charge is -2.19. The lowest BCUT2D eigenvalue weighted by Crippen LogP contribution is -2.32. The largest absolute Gasteiger partial charge is 0.491 e. The van der Waals surface area contributed by atoms with E-state index >= 15 is 0 Å². The average molecular weight is 679 g/mol. The lowest BCUT2D eigenvalue weighted by molar-refractivity contribution is -0.106. The maximum atomic E-state index is 12.1. The summed E-state index contributed by atoms with van der Waals surface area (Å²) in [6, 6.07) is 3.14. The second-order valence-corrected chi connectivity index (χ2v) is 12.1. The Morgan fingerprint density at radius 3 is 2.40 bits per heavy atom. The van der Waals surface area contributed by atoms with Crippen molar-refractivity contribution in [3.05, 3.63) is 42.0 Å². The molecule has 7 N–H and O–H groups in total. The molecular weight excluding hydrogens is 628 g/mol. The third-order valence-electron chi connectivity index (χ3n) is 5.08. The van der Waals surface area contributed by atoms with Gasteiger partial charge >= 0.3 is 12.2 Å². The van der Waals surface area contributed by atoms with E-state index in [1.807, 2.05) is 26.2 Å². The Morgan fingerprint density at radius 1 is 1.11 bits per heavy atom. The van der Waals surface area contributed by atoms with Crippen LogP contribution in [0.3, 0.4) is 0 Å². The first-order valence-corrected chi connectivity index (χ1v) is 16.6. The minimum absolute atomic E-state index is 0.233. The van der Waals surface area contributed by atoms with Crippen LogP contribution < -0.4 is 32.3 Å². The summed E-state index contributed by atoms with van der Waals surface area (Å²) >= 11 is 0. The fraction of sp³-hybridized carbons (Fsp3) is 0.484.